The largest absolute Gasteiger partial charge is 0.550 e. The molecule has 0 saturated carbocycles. The van der Waals surface area contributed by atoms with Gasteiger partial charge in [0.2, 0.25) is 5.69 Å². The maximum Gasteiger partial charge on any atom is 0.209 e. The Labute approximate surface area is 153 Å². The molecule has 0 aliphatic carbocycles. The molecule has 0 fully saturated rings. The van der Waals surface area contributed by atoms with E-state index in [0.717, 1.165) is 19.4 Å². The van der Waals surface area contributed by atoms with Crippen LogP contribution in [0, 0.1) is 0 Å². The van der Waals surface area contributed by atoms with Crippen LogP contribution in [0.5, 0.6) is 0 Å². The second-order valence-electron chi connectivity index (χ2n) is 7.25. The Kier molecular flexibility index (Phi) is 5.09. The summed E-state index contributed by atoms with van der Waals surface area (Å²) in [7, 11) is 0. The molecule has 0 saturated heterocycles. The van der Waals surface area contributed by atoms with Crippen LogP contribution in [0.3, 0.4) is 0 Å². The number of carbonyl (C=O) groups is 1. The summed E-state index contributed by atoms with van der Waals surface area (Å²) in [6, 6.07) is 11.0. The Morgan fingerprint density at radius 1 is 1.20 bits per heavy atom. The third-order valence-corrected chi connectivity index (χ3v) is 6.26. The fraction of sp³-hybridized carbons (Fsp3) is 0.429. The second kappa shape index (κ2) is 7.12. The highest BCUT2D eigenvalue weighted by Crippen LogP contribution is 2.42. The third-order valence-electron chi connectivity index (χ3n) is 5.34. The zero-order valence-corrected chi connectivity index (χ0v) is 16.0. The van der Waals surface area contributed by atoms with Crippen molar-refractivity contribution in [2.24, 2.45) is 0 Å². The lowest BCUT2D eigenvalue weighted by Gasteiger charge is -2.15. The Bertz CT molecular complexity index is 803. The van der Waals surface area contributed by atoms with E-state index in [9.17, 15) is 9.90 Å². The summed E-state index contributed by atoms with van der Waals surface area (Å²) in [5, 5.41) is 12.6. The van der Waals surface area contributed by atoms with Crippen molar-refractivity contribution in [1.29, 1.82) is 0 Å². The highest BCUT2D eigenvalue weighted by molar-refractivity contribution is 7.13. The van der Waals surface area contributed by atoms with Gasteiger partial charge < -0.3 is 9.90 Å². The number of fused-ring (bicyclic) bond motifs is 1. The number of carboxylic acid groups (broad SMARTS) is 1. The summed E-state index contributed by atoms with van der Waals surface area (Å²) in [6.45, 7) is 7.73. The summed E-state index contributed by atoms with van der Waals surface area (Å²) in [5.74, 6) is -0.948. The molecule has 0 spiro atoms. The fourth-order valence-corrected chi connectivity index (χ4v) is 4.31. The maximum atomic E-state index is 10.5. The average molecular weight is 356 g/mol. The van der Waals surface area contributed by atoms with Gasteiger partial charge in [-0.3, -0.25) is 0 Å². The number of unbranched alkanes of at least 4 members (excludes halogenated alkanes) is 2. The SMILES string of the molecule is CC1=[N+](CCCCCC(=O)[O-])c2ccc(-c3cccs3)cc2C1(C)C. The highest BCUT2D eigenvalue weighted by Gasteiger charge is 2.42. The van der Waals surface area contributed by atoms with E-state index >= 15 is 0 Å². The minimum atomic E-state index is -0.948. The number of hydrogen-bond acceptors (Lipinski definition) is 3. The van der Waals surface area contributed by atoms with Gasteiger partial charge in [0.1, 0.15) is 6.54 Å². The normalized spacial score (nSPS) is 15.5. The van der Waals surface area contributed by atoms with E-state index in [1.807, 2.05) is 0 Å². The molecule has 25 heavy (non-hydrogen) atoms. The zero-order chi connectivity index (χ0) is 18.0. The molecule has 1 aromatic heterocycles. The summed E-state index contributed by atoms with van der Waals surface area (Å²) in [6.07, 6.45) is 2.77. The first-order valence-corrected chi connectivity index (χ1v) is 9.79. The van der Waals surface area contributed by atoms with Gasteiger partial charge in [-0.1, -0.05) is 6.07 Å². The molecule has 0 amide bonds. The number of aliphatic carboxylic acids is 1. The van der Waals surface area contributed by atoms with Crippen molar-refractivity contribution in [3.8, 4) is 10.4 Å². The number of carbonyl (C=O) groups excluding carboxylic acids is 1. The lowest BCUT2D eigenvalue weighted by Crippen LogP contribution is -2.26. The molecule has 0 unspecified atom stereocenters. The fourth-order valence-electron chi connectivity index (χ4n) is 3.59. The molecule has 1 aliphatic heterocycles. The van der Waals surface area contributed by atoms with Crippen molar-refractivity contribution < 1.29 is 14.5 Å². The monoisotopic (exact) mass is 355 g/mol. The number of rotatable bonds is 7. The highest BCUT2D eigenvalue weighted by atomic mass is 32.1. The van der Waals surface area contributed by atoms with Crippen LogP contribution < -0.4 is 5.11 Å². The standard InChI is InChI=1S/C21H25NO2S/c1-15-21(2,3)17-14-16(19-8-7-13-25-19)10-11-18(17)22(15)12-6-4-5-9-20(23)24/h7-8,10-11,13-14H,4-6,9,12H2,1-3H3. The molecule has 0 atom stereocenters. The van der Waals surface area contributed by atoms with Crippen LogP contribution in [0.2, 0.25) is 0 Å². The first-order valence-electron chi connectivity index (χ1n) is 8.91. The van der Waals surface area contributed by atoms with E-state index in [1.165, 1.54) is 27.4 Å². The number of hydrogen-bond donors (Lipinski definition) is 0. The van der Waals surface area contributed by atoms with Crippen LogP contribution >= 0.6 is 11.3 Å². The Morgan fingerprint density at radius 3 is 2.68 bits per heavy atom. The molecule has 2 aromatic rings. The van der Waals surface area contributed by atoms with Crippen LogP contribution in [-0.4, -0.2) is 22.8 Å². The van der Waals surface area contributed by atoms with Gasteiger partial charge in [0.25, 0.3) is 0 Å². The molecule has 1 aliphatic rings. The minimum absolute atomic E-state index is 0.0214. The molecule has 0 N–H and O–H groups in total. The molecule has 132 valence electrons. The van der Waals surface area contributed by atoms with Crippen LogP contribution in [0.25, 0.3) is 10.4 Å². The molecule has 3 rings (SSSR count). The van der Waals surface area contributed by atoms with Crippen LogP contribution in [0.15, 0.2) is 35.7 Å². The van der Waals surface area contributed by atoms with E-state index in [-0.39, 0.29) is 11.8 Å². The number of thiophene rings is 1. The third kappa shape index (κ3) is 3.54. The number of nitrogens with zero attached hydrogens (tertiary/aromatic N) is 1. The lowest BCUT2D eigenvalue weighted by molar-refractivity contribution is -0.439. The summed E-state index contributed by atoms with van der Waals surface area (Å²) < 4.78 is 2.41. The maximum absolute atomic E-state index is 10.5. The van der Waals surface area contributed by atoms with Crippen LogP contribution in [0.1, 0.15) is 52.0 Å². The van der Waals surface area contributed by atoms with E-state index < -0.39 is 5.97 Å². The van der Waals surface area contributed by atoms with Gasteiger partial charge >= 0.3 is 0 Å². The van der Waals surface area contributed by atoms with Gasteiger partial charge in [0.15, 0.2) is 5.71 Å². The Morgan fingerprint density at radius 2 is 2.00 bits per heavy atom. The minimum Gasteiger partial charge on any atom is -0.550 e. The van der Waals surface area contributed by atoms with E-state index in [4.69, 9.17) is 0 Å². The van der Waals surface area contributed by atoms with Crippen molar-refractivity contribution >= 4 is 28.7 Å². The van der Waals surface area contributed by atoms with Crippen molar-refractivity contribution in [1.82, 2.24) is 0 Å². The Hall–Kier alpha value is -1.94. The van der Waals surface area contributed by atoms with Crippen molar-refractivity contribution in [3.63, 3.8) is 0 Å². The van der Waals surface area contributed by atoms with Crippen molar-refractivity contribution in [2.45, 2.75) is 51.9 Å². The van der Waals surface area contributed by atoms with Gasteiger partial charge in [-0.05, 0) is 62.3 Å². The van der Waals surface area contributed by atoms with Gasteiger partial charge in [0, 0.05) is 35.8 Å². The van der Waals surface area contributed by atoms with Crippen LogP contribution in [-0.2, 0) is 10.2 Å². The Balaban J connectivity index is 1.80. The molecule has 1 aromatic carbocycles. The van der Waals surface area contributed by atoms with Gasteiger partial charge in [-0.15, -0.1) is 11.3 Å². The molecule has 0 bridgehead atoms. The van der Waals surface area contributed by atoms with Crippen molar-refractivity contribution in [3.05, 3.63) is 41.3 Å². The first kappa shape index (κ1) is 17.9. The average Bonchev–Trinajstić information content (AvgIpc) is 3.16. The quantitative estimate of drug-likeness (QED) is 0.554. The molecular formula is C21H25NO2S. The molecular weight excluding hydrogens is 330 g/mol. The molecule has 0 radical (unpaired) electrons. The van der Waals surface area contributed by atoms with Crippen molar-refractivity contribution in [2.75, 3.05) is 6.54 Å². The molecule has 3 nitrogen and oxygen atoms in total. The topological polar surface area (TPSA) is 43.1 Å². The molecule has 2 heterocycles. The van der Waals surface area contributed by atoms with Gasteiger partial charge in [-0.2, -0.15) is 4.58 Å². The predicted molar refractivity (Wildman–Crippen MR) is 102 cm³/mol. The number of benzene rings is 1. The smallest absolute Gasteiger partial charge is 0.209 e. The molecule has 4 heteroatoms. The van der Waals surface area contributed by atoms with Gasteiger partial charge in [-0.25, -0.2) is 0 Å². The van der Waals surface area contributed by atoms with E-state index in [1.54, 1.807) is 11.3 Å². The zero-order valence-electron chi connectivity index (χ0n) is 15.2. The van der Waals surface area contributed by atoms with Crippen LogP contribution in [0.4, 0.5) is 5.69 Å². The lowest BCUT2D eigenvalue weighted by atomic mass is 9.81. The summed E-state index contributed by atoms with van der Waals surface area (Å²) in [4.78, 5) is 11.8. The van der Waals surface area contributed by atoms with Gasteiger partial charge in [0.05, 0.1) is 5.41 Å². The second-order valence-corrected chi connectivity index (χ2v) is 8.20. The predicted octanol–water partition coefficient (Wildman–Crippen LogP) is 4.12. The number of carboxylic acids is 1. The van der Waals surface area contributed by atoms with E-state index in [0.29, 0.717) is 6.42 Å². The summed E-state index contributed by atoms with van der Waals surface area (Å²) >= 11 is 1.77. The summed E-state index contributed by atoms with van der Waals surface area (Å²) in [5.41, 5.74) is 5.35. The first-order chi connectivity index (χ1) is 11.9. The van der Waals surface area contributed by atoms with E-state index in [2.05, 4.69) is 61.1 Å².